The number of anilines is 1. The molecule has 2 rings (SSSR count). The van der Waals surface area contributed by atoms with Gasteiger partial charge in [0, 0.05) is 12.2 Å². The van der Waals surface area contributed by atoms with E-state index in [2.05, 4.69) is 10.6 Å². The van der Waals surface area contributed by atoms with Crippen LogP contribution in [-0.2, 0) is 4.79 Å². The van der Waals surface area contributed by atoms with E-state index >= 15 is 0 Å². The summed E-state index contributed by atoms with van der Waals surface area (Å²) in [6, 6.07) is 19.0. The van der Waals surface area contributed by atoms with Crippen LogP contribution in [0, 0.1) is 0 Å². The van der Waals surface area contributed by atoms with Gasteiger partial charge in [-0.25, -0.2) is 0 Å². The Kier molecular flexibility index (Phi) is 8.04. The molecule has 118 valence electrons. The fourth-order valence-corrected chi connectivity index (χ4v) is 1.99. The Morgan fingerprint density at radius 1 is 1.00 bits per heavy atom. The second kappa shape index (κ2) is 9.82. The van der Waals surface area contributed by atoms with E-state index in [0.29, 0.717) is 13.0 Å². The zero-order valence-corrected chi connectivity index (χ0v) is 13.1. The number of hydrogen-bond donors (Lipinski definition) is 3. The highest BCUT2D eigenvalue weighted by molar-refractivity contribution is 5.85. The molecule has 0 aliphatic heterocycles. The van der Waals surface area contributed by atoms with Crippen LogP contribution in [0.5, 0.6) is 0 Å². The number of halogens is 1. The highest BCUT2D eigenvalue weighted by Gasteiger charge is 2.07. The van der Waals surface area contributed by atoms with Crippen LogP contribution in [0.2, 0.25) is 0 Å². The van der Waals surface area contributed by atoms with Crippen LogP contribution < -0.4 is 10.6 Å². The molecule has 0 heterocycles. The first kappa shape index (κ1) is 18.0. The Bertz CT molecular complexity index is 549. The van der Waals surface area contributed by atoms with Crippen LogP contribution in [-0.4, -0.2) is 24.1 Å². The maximum absolute atomic E-state index is 11.7. The van der Waals surface area contributed by atoms with Crippen LogP contribution in [0.25, 0.3) is 0 Å². The summed E-state index contributed by atoms with van der Waals surface area (Å²) in [5.41, 5.74) is 1.78. The lowest BCUT2D eigenvalue weighted by atomic mass is 10.1. The Balaban J connectivity index is 0.00000242. The van der Waals surface area contributed by atoms with Gasteiger partial charge in [-0.15, -0.1) is 12.4 Å². The first-order chi connectivity index (χ1) is 10.3. The van der Waals surface area contributed by atoms with Gasteiger partial charge < -0.3 is 15.7 Å². The van der Waals surface area contributed by atoms with Crippen molar-refractivity contribution in [2.45, 2.75) is 12.5 Å². The number of aliphatic hydroxyl groups is 1. The van der Waals surface area contributed by atoms with Gasteiger partial charge in [-0.1, -0.05) is 48.5 Å². The smallest absolute Gasteiger partial charge is 0.239 e. The number of hydrogen-bond acceptors (Lipinski definition) is 3. The van der Waals surface area contributed by atoms with Crippen molar-refractivity contribution in [3.05, 3.63) is 66.2 Å². The van der Waals surface area contributed by atoms with Crippen LogP contribution in [0.1, 0.15) is 18.1 Å². The minimum absolute atomic E-state index is 0. The normalized spacial score (nSPS) is 11.1. The quantitative estimate of drug-likeness (QED) is 0.735. The molecule has 1 unspecified atom stereocenters. The molecule has 5 heteroatoms. The van der Waals surface area contributed by atoms with Gasteiger partial charge in [0.15, 0.2) is 0 Å². The lowest BCUT2D eigenvalue weighted by molar-refractivity contribution is -0.119. The van der Waals surface area contributed by atoms with E-state index in [1.54, 1.807) is 0 Å². The molecule has 2 aromatic carbocycles. The first-order valence-electron chi connectivity index (χ1n) is 7.04. The molecule has 0 saturated heterocycles. The van der Waals surface area contributed by atoms with Gasteiger partial charge >= 0.3 is 0 Å². The molecule has 0 fully saturated rings. The summed E-state index contributed by atoms with van der Waals surface area (Å²) in [6.45, 7) is 0.677. The fraction of sp³-hybridized carbons (Fsp3) is 0.235. The lowest BCUT2D eigenvalue weighted by Crippen LogP contribution is -2.31. The number of benzene rings is 2. The second-order valence-corrected chi connectivity index (χ2v) is 4.78. The summed E-state index contributed by atoms with van der Waals surface area (Å²) in [5.74, 6) is -0.0842. The van der Waals surface area contributed by atoms with Gasteiger partial charge in [0.25, 0.3) is 0 Å². The van der Waals surface area contributed by atoms with E-state index in [4.69, 9.17) is 0 Å². The average molecular weight is 321 g/mol. The standard InChI is InChI=1S/C17H20N2O2.ClH/c20-16(14-7-3-1-4-8-14)11-12-18-17(21)13-19-15-9-5-2-6-10-15;/h1-10,16,19-20H,11-13H2,(H,18,21);1H. The minimum Gasteiger partial charge on any atom is -0.388 e. The molecule has 0 spiro atoms. The molecule has 0 bridgehead atoms. The molecule has 0 saturated carbocycles. The van der Waals surface area contributed by atoms with Gasteiger partial charge in [0.2, 0.25) is 5.91 Å². The molecule has 1 atom stereocenters. The molecule has 0 radical (unpaired) electrons. The Morgan fingerprint density at radius 3 is 2.23 bits per heavy atom. The molecule has 0 aliphatic rings. The Morgan fingerprint density at radius 2 is 1.59 bits per heavy atom. The average Bonchev–Trinajstić information content (AvgIpc) is 2.54. The third-order valence-electron chi connectivity index (χ3n) is 3.15. The van der Waals surface area contributed by atoms with Gasteiger partial charge in [-0.3, -0.25) is 4.79 Å². The summed E-state index contributed by atoms with van der Waals surface area (Å²) in [6.07, 6.45) is -0.0465. The van der Waals surface area contributed by atoms with Gasteiger partial charge in [-0.05, 0) is 24.1 Å². The Hall–Kier alpha value is -2.04. The van der Waals surface area contributed by atoms with Crippen molar-refractivity contribution >= 4 is 24.0 Å². The Labute approximate surface area is 137 Å². The molecule has 1 amide bonds. The number of amides is 1. The van der Waals surface area contributed by atoms with Gasteiger partial charge in [0.1, 0.15) is 0 Å². The van der Waals surface area contributed by atoms with E-state index < -0.39 is 6.10 Å². The number of aliphatic hydroxyl groups excluding tert-OH is 1. The first-order valence-corrected chi connectivity index (χ1v) is 7.04. The summed E-state index contributed by atoms with van der Waals surface area (Å²) in [5, 5.41) is 15.8. The number of carbonyl (C=O) groups excluding carboxylic acids is 1. The van der Waals surface area contributed by atoms with Crippen molar-refractivity contribution in [2.75, 3.05) is 18.4 Å². The van der Waals surface area contributed by atoms with Crippen LogP contribution in [0.3, 0.4) is 0 Å². The van der Waals surface area contributed by atoms with Crippen molar-refractivity contribution in [3.8, 4) is 0 Å². The van der Waals surface area contributed by atoms with Crippen LogP contribution in [0.4, 0.5) is 5.69 Å². The monoisotopic (exact) mass is 320 g/mol. The highest BCUT2D eigenvalue weighted by atomic mass is 35.5. The molecular weight excluding hydrogens is 300 g/mol. The van der Waals surface area contributed by atoms with Gasteiger partial charge in [0.05, 0.1) is 12.6 Å². The molecular formula is C17H21ClN2O2. The van der Waals surface area contributed by atoms with Crippen molar-refractivity contribution < 1.29 is 9.90 Å². The molecule has 0 aromatic heterocycles. The number of rotatable bonds is 7. The number of para-hydroxylation sites is 1. The largest absolute Gasteiger partial charge is 0.388 e. The minimum atomic E-state index is -0.548. The zero-order valence-electron chi connectivity index (χ0n) is 12.2. The van der Waals surface area contributed by atoms with Crippen molar-refractivity contribution in [1.82, 2.24) is 5.32 Å². The molecule has 3 N–H and O–H groups in total. The van der Waals surface area contributed by atoms with Crippen LogP contribution >= 0.6 is 12.4 Å². The fourth-order valence-electron chi connectivity index (χ4n) is 1.99. The van der Waals surface area contributed by atoms with E-state index in [1.165, 1.54) is 0 Å². The highest BCUT2D eigenvalue weighted by Crippen LogP contribution is 2.14. The predicted molar refractivity (Wildman–Crippen MR) is 91.2 cm³/mol. The van der Waals surface area contributed by atoms with E-state index in [0.717, 1.165) is 11.3 Å². The second-order valence-electron chi connectivity index (χ2n) is 4.78. The van der Waals surface area contributed by atoms with Crippen LogP contribution in [0.15, 0.2) is 60.7 Å². The zero-order chi connectivity index (χ0) is 14.9. The van der Waals surface area contributed by atoms with Crippen molar-refractivity contribution in [1.29, 1.82) is 0 Å². The van der Waals surface area contributed by atoms with E-state index in [1.807, 2.05) is 60.7 Å². The third-order valence-corrected chi connectivity index (χ3v) is 3.15. The number of carbonyl (C=O) groups is 1. The maximum atomic E-state index is 11.7. The summed E-state index contributed by atoms with van der Waals surface area (Å²) in [7, 11) is 0. The molecule has 4 nitrogen and oxygen atoms in total. The molecule has 22 heavy (non-hydrogen) atoms. The molecule has 2 aromatic rings. The SMILES string of the molecule is Cl.O=C(CNc1ccccc1)NCCC(O)c1ccccc1. The van der Waals surface area contributed by atoms with Crippen molar-refractivity contribution in [3.63, 3.8) is 0 Å². The summed E-state index contributed by atoms with van der Waals surface area (Å²) in [4.78, 5) is 11.7. The summed E-state index contributed by atoms with van der Waals surface area (Å²) < 4.78 is 0. The topological polar surface area (TPSA) is 61.4 Å². The lowest BCUT2D eigenvalue weighted by Gasteiger charge is -2.12. The summed E-state index contributed by atoms with van der Waals surface area (Å²) >= 11 is 0. The molecule has 0 aliphatic carbocycles. The maximum Gasteiger partial charge on any atom is 0.239 e. The van der Waals surface area contributed by atoms with Gasteiger partial charge in [-0.2, -0.15) is 0 Å². The third kappa shape index (κ3) is 6.16. The number of nitrogens with one attached hydrogen (secondary N) is 2. The van der Waals surface area contributed by atoms with E-state index in [-0.39, 0.29) is 24.9 Å². The van der Waals surface area contributed by atoms with Crippen molar-refractivity contribution in [2.24, 2.45) is 0 Å². The predicted octanol–water partition coefficient (Wildman–Crippen LogP) is 2.76. The van der Waals surface area contributed by atoms with E-state index in [9.17, 15) is 9.90 Å².